The van der Waals surface area contributed by atoms with E-state index in [4.69, 9.17) is 0 Å². The van der Waals surface area contributed by atoms with Gasteiger partial charge in [0.1, 0.15) is 5.52 Å². The number of hydrogen-bond acceptors (Lipinski definition) is 4. The van der Waals surface area contributed by atoms with Gasteiger partial charge in [-0.2, -0.15) is 5.10 Å². The van der Waals surface area contributed by atoms with Crippen molar-refractivity contribution in [3.63, 3.8) is 0 Å². The number of fused-ring (bicyclic) bond motifs is 1. The maximum atomic E-state index is 4.44. The summed E-state index contributed by atoms with van der Waals surface area (Å²) < 4.78 is 3.84. The molecule has 0 saturated heterocycles. The van der Waals surface area contributed by atoms with Crippen LogP contribution >= 0.6 is 0 Å². The highest BCUT2D eigenvalue weighted by Crippen LogP contribution is 2.19. The summed E-state index contributed by atoms with van der Waals surface area (Å²) in [7, 11) is 3.93. The van der Waals surface area contributed by atoms with Crippen molar-refractivity contribution in [3.05, 3.63) is 36.0 Å². The second-order valence-corrected chi connectivity index (χ2v) is 4.86. The maximum Gasteiger partial charge on any atom is 0.154 e. The molecule has 0 bridgehead atoms. The first-order valence-corrected chi connectivity index (χ1v) is 6.70. The monoisotopic (exact) mass is 270 g/mol. The maximum absolute atomic E-state index is 4.44. The van der Waals surface area contributed by atoms with Gasteiger partial charge in [0.25, 0.3) is 0 Å². The number of rotatable bonds is 4. The molecule has 0 unspecified atom stereocenters. The third-order valence-corrected chi connectivity index (χ3v) is 3.42. The molecular weight excluding hydrogens is 252 g/mol. The lowest BCUT2D eigenvalue weighted by Gasteiger charge is -2.06. The average molecular weight is 270 g/mol. The van der Waals surface area contributed by atoms with Gasteiger partial charge < -0.3 is 9.88 Å². The van der Waals surface area contributed by atoms with Crippen molar-refractivity contribution >= 4 is 16.9 Å². The molecule has 0 radical (unpaired) electrons. The van der Waals surface area contributed by atoms with Gasteiger partial charge in [0, 0.05) is 38.6 Å². The van der Waals surface area contributed by atoms with Crippen LogP contribution in [0.2, 0.25) is 0 Å². The van der Waals surface area contributed by atoms with Crippen LogP contribution in [-0.2, 0) is 27.1 Å². The van der Waals surface area contributed by atoms with Crippen LogP contribution in [0.4, 0.5) is 5.82 Å². The number of aryl methyl sites for hydroxylation is 3. The number of nitrogens with zero attached hydrogens (tertiary/aromatic N) is 5. The first-order chi connectivity index (χ1) is 9.69. The first-order valence-electron chi connectivity index (χ1n) is 6.70. The molecule has 0 atom stereocenters. The van der Waals surface area contributed by atoms with Gasteiger partial charge in [0.15, 0.2) is 5.82 Å². The molecule has 3 aromatic heterocycles. The van der Waals surface area contributed by atoms with Crippen molar-refractivity contribution in [1.29, 1.82) is 0 Å². The van der Waals surface area contributed by atoms with Crippen LogP contribution < -0.4 is 5.32 Å². The Morgan fingerprint density at radius 1 is 1.25 bits per heavy atom. The number of imidazole rings is 1. The number of aromatic nitrogens is 5. The van der Waals surface area contributed by atoms with Crippen LogP contribution in [0.5, 0.6) is 0 Å². The molecule has 3 heterocycles. The normalized spacial score (nSPS) is 11.2. The highest BCUT2D eigenvalue weighted by molar-refractivity contribution is 5.85. The van der Waals surface area contributed by atoms with Gasteiger partial charge in [0.05, 0.1) is 17.5 Å². The highest BCUT2D eigenvalue weighted by atomic mass is 15.3. The molecule has 3 aromatic rings. The SMILES string of the molecule is CCc1nn(C)cc1CNc1nccc2c1ncn2C. The summed E-state index contributed by atoms with van der Waals surface area (Å²) in [6.45, 7) is 2.82. The van der Waals surface area contributed by atoms with Gasteiger partial charge in [-0.25, -0.2) is 9.97 Å². The molecule has 6 heteroatoms. The fourth-order valence-corrected chi connectivity index (χ4v) is 2.40. The molecule has 0 aliphatic carbocycles. The number of nitrogens with one attached hydrogen (secondary N) is 1. The van der Waals surface area contributed by atoms with E-state index in [9.17, 15) is 0 Å². The smallest absolute Gasteiger partial charge is 0.154 e. The summed E-state index contributed by atoms with van der Waals surface area (Å²) in [4.78, 5) is 8.78. The standard InChI is InChI=1S/C14H18N6/c1-4-11-10(8-20(3)18-11)7-16-14-13-12(5-6-15-14)19(2)9-17-13/h5-6,8-9H,4,7H2,1-3H3,(H,15,16). The zero-order chi connectivity index (χ0) is 14.1. The summed E-state index contributed by atoms with van der Waals surface area (Å²) in [5, 5.41) is 7.81. The molecule has 1 N–H and O–H groups in total. The van der Waals surface area contributed by atoms with E-state index < -0.39 is 0 Å². The van der Waals surface area contributed by atoms with E-state index in [1.165, 1.54) is 5.56 Å². The molecule has 0 aliphatic heterocycles. The van der Waals surface area contributed by atoms with Crippen LogP contribution in [0, 0.1) is 0 Å². The third-order valence-electron chi connectivity index (χ3n) is 3.42. The van der Waals surface area contributed by atoms with Gasteiger partial charge >= 0.3 is 0 Å². The Bertz CT molecular complexity index is 739. The van der Waals surface area contributed by atoms with Crippen molar-refractivity contribution in [2.75, 3.05) is 5.32 Å². The quantitative estimate of drug-likeness (QED) is 0.786. The minimum Gasteiger partial charge on any atom is -0.364 e. The van der Waals surface area contributed by atoms with Crippen LogP contribution in [0.15, 0.2) is 24.8 Å². The van der Waals surface area contributed by atoms with Crippen LogP contribution in [0.1, 0.15) is 18.2 Å². The van der Waals surface area contributed by atoms with Gasteiger partial charge in [-0.1, -0.05) is 6.92 Å². The summed E-state index contributed by atoms with van der Waals surface area (Å²) >= 11 is 0. The van der Waals surface area contributed by atoms with Crippen LogP contribution in [0.25, 0.3) is 11.0 Å². The molecule has 3 rings (SSSR count). The summed E-state index contributed by atoms with van der Waals surface area (Å²) in [6.07, 6.45) is 6.58. The summed E-state index contributed by atoms with van der Waals surface area (Å²) in [5.41, 5.74) is 4.29. The third kappa shape index (κ3) is 2.13. The van der Waals surface area contributed by atoms with E-state index in [-0.39, 0.29) is 0 Å². The molecule has 0 fully saturated rings. The Morgan fingerprint density at radius 2 is 2.10 bits per heavy atom. The summed E-state index contributed by atoms with van der Waals surface area (Å²) in [5.74, 6) is 0.814. The lowest BCUT2D eigenvalue weighted by Crippen LogP contribution is -2.03. The lowest BCUT2D eigenvalue weighted by molar-refractivity contribution is 0.746. The van der Waals surface area contributed by atoms with Crippen LogP contribution in [0.3, 0.4) is 0 Å². The zero-order valence-electron chi connectivity index (χ0n) is 12.0. The van der Waals surface area contributed by atoms with E-state index in [2.05, 4.69) is 27.3 Å². The Morgan fingerprint density at radius 3 is 2.90 bits per heavy atom. The Labute approximate surface area is 117 Å². The second-order valence-electron chi connectivity index (χ2n) is 4.86. The predicted octanol–water partition coefficient (Wildman–Crippen LogP) is 1.88. The summed E-state index contributed by atoms with van der Waals surface area (Å²) in [6, 6.07) is 1.97. The van der Waals surface area contributed by atoms with Crippen molar-refractivity contribution < 1.29 is 0 Å². The van der Waals surface area contributed by atoms with Crippen LogP contribution in [-0.4, -0.2) is 24.3 Å². The Kier molecular flexibility index (Phi) is 3.14. The van der Waals surface area contributed by atoms with Gasteiger partial charge in [-0.3, -0.25) is 4.68 Å². The first kappa shape index (κ1) is 12.7. The van der Waals surface area contributed by atoms with Crippen molar-refractivity contribution in [3.8, 4) is 0 Å². The van der Waals surface area contributed by atoms with E-state index in [1.54, 1.807) is 12.5 Å². The Hall–Kier alpha value is -2.37. The van der Waals surface area contributed by atoms with Gasteiger partial charge in [-0.05, 0) is 12.5 Å². The topological polar surface area (TPSA) is 60.6 Å². The molecule has 6 nitrogen and oxygen atoms in total. The van der Waals surface area contributed by atoms with E-state index >= 15 is 0 Å². The lowest BCUT2D eigenvalue weighted by atomic mass is 10.2. The largest absolute Gasteiger partial charge is 0.364 e. The van der Waals surface area contributed by atoms with E-state index in [0.717, 1.165) is 29.0 Å². The molecular formula is C14H18N6. The molecule has 0 amide bonds. The van der Waals surface area contributed by atoms with Gasteiger partial charge in [-0.15, -0.1) is 0 Å². The van der Waals surface area contributed by atoms with Crippen molar-refractivity contribution in [2.24, 2.45) is 14.1 Å². The molecule has 0 spiro atoms. The Balaban J connectivity index is 1.86. The van der Waals surface area contributed by atoms with E-state index in [1.807, 2.05) is 35.6 Å². The number of pyridine rings is 1. The second kappa shape index (κ2) is 4.96. The minimum atomic E-state index is 0.708. The van der Waals surface area contributed by atoms with Crippen molar-refractivity contribution in [1.82, 2.24) is 24.3 Å². The van der Waals surface area contributed by atoms with Gasteiger partial charge in [0.2, 0.25) is 0 Å². The average Bonchev–Trinajstić information content (AvgIpc) is 3.00. The highest BCUT2D eigenvalue weighted by Gasteiger charge is 2.09. The molecule has 20 heavy (non-hydrogen) atoms. The molecule has 104 valence electrons. The minimum absolute atomic E-state index is 0.708. The van der Waals surface area contributed by atoms with E-state index in [0.29, 0.717) is 6.54 Å². The van der Waals surface area contributed by atoms with Crippen molar-refractivity contribution in [2.45, 2.75) is 19.9 Å². The predicted molar refractivity (Wildman–Crippen MR) is 78.4 cm³/mol. The molecule has 0 saturated carbocycles. The number of hydrogen-bond donors (Lipinski definition) is 1. The molecule has 0 aromatic carbocycles. The fraction of sp³-hybridized carbons (Fsp3) is 0.357. The zero-order valence-corrected chi connectivity index (χ0v) is 12.0. The fourth-order valence-electron chi connectivity index (χ4n) is 2.40. The molecule has 0 aliphatic rings. The number of anilines is 1.